The van der Waals surface area contributed by atoms with Crippen LogP contribution in [0.1, 0.15) is 45.6 Å². The normalized spacial score (nSPS) is 15.4. The maximum absolute atomic E-state index is 6.43. The van der Waals surface area contributed by atoms with Crippen molar-refractivity contribution < 1.29 is 0 Å². The lowest BCUT2D eigenvalue weighted by Gasteiger charge is -2.34. The fraction of sp³-hybridized carbons (Fsp3) is 0.647. The van der Waals surface area contributed by atoms with Gasteiger partial charge in [-0.2, -0.15) is 0 Å². The predicted molar refractivity (Wildman–Crippen MR) is 88.7 cm³/mol. The Morgan fingerprint density at radius 2 is 2.10 bits per heavy atom. The van der Waals surface area contributed by atoms with Crippen molar-refractivity contribution >= 4 is 17.3 Å². The Morgan fingerprint density at radius 3 is 2.65 bits per heavy atom. The highest BCUT2D eigenvalue weighted by Crippen LogP contribution is 2.32. The first-order valence-electron chi connectivity index (χ1n) is 7.87. The van der Waals surface area contributed by atoms with Gasteiger partial charge >= 0.3 is 0 Å². The molecule has 0 heterocycles. The van der Waals surface area contributed by atoms with Crippen LogP contribution >= 0.6 is 11.6 Å². The average Bonchev–Trinajstić information content (AvgIpc) is 2.36. The van der Waals surface area contributed by atoms with Crippen molar-refractivity contribution in [3.63, 3.8) is 0 Å². The Labute approximate surface area is 128 Å². The van der Waals surface area contributed by atoms with E-state index in [1.54, 1.807) is 0 Å². The summed E-state index contributed by atoms with van der Waals surface area (Å²) in [5, 5.41) is 4.37. The van der Waals surface area contributed by atoms with Gasteiger partial charge in [-0.05, 0) is 37.8 Å². The van der Waals surface area contributed by atoms with E-state index in [1.807, 2.05) is 6.07 Å². The van der Waals surface area contributed by atoms with Gasteiger partial charge in [0.15, 0.2) is 0 Å². The van der Waals surface area contributed by atoms with Crippen LogP contribution < -0.4 is 10.2 Å². The van der Waals surface area contributed by atoms with Gasteiger partial charge in [-0.15, -0.1) is 0 Å². The van der Waals surface area contributed by atoms with E-state index in [9.17, 15) is 0 Å². The molecule has 0 aliphatic heterocycles. The lowest BCUT2D eigenvalue weighted by Crippen LogP contribution is -2.33. The number of hydrogen-bond donors (Lipinski definition) is 1. The molecule has 0 atom stereocenters. The molecule has 1 aromatic rings. The Morgan fingerprint density at radius 1 is 1.35 bits per heavy atom. The van der Waals surface area contributed by atoms with Crippen molar-refractivity contribution in [1.82, 2.24) is 5.32 Å². The molecule has 2 rings (SSSR count). The van der Waals surface area contributed by atoms with Crippen molar-refractivity contribution in [2.45, 2.75) is 52.6 Å². The van der Waals surface area contributed by atoms with Gasteiger partial charge in [0.25, 0.3) is 0 Å². The first-order chi connectivity index (χ1) is 9.61. The van der Waals surface area contributed by atoms with Crippen molar-refractivity contribution in [2.24, 2.45) is 5.92 Å². The third-order valence-electron chi connectivity index (χ3n) is 4.21. The molecule has 0 aromatic heterocycles. The highest BCUT2D eigenvalue weighted by Gasteiger charge is 2.22. The third-order valence-corrected chi connectivity index (χ3v) is 4.56. The molecule has 1 aliphatic carbocycles. The van der Waals surface area contributed by atoms with Gasteiger partial charge < -0.3 is 10.2 Å². The zero-order valence-corrected chi connectivity index (χ0v) is 13.7. The Kier molecular flexibility index (Phi) is 5.74. The van der Waals surface area contributed by atoms with Gasteiger partial charge in [0.2, 0.25) is 0 Å². The molecule has 0 spiro atoms. The van der Waals surface area contributed by atoms with Gasteiger partial charge in [-0.25, -0.2) is 0 Å². The molecule has 112 valence electrons. The molecule has 0 saturated heterocycles. The number of hydrogen-bond acceptors (Lipinski definition) is 2. The smallest absolute Gasteiger partial charge is 0.0471 e. The van der Waals surface area contributed by atoms with Crippen LogP contribution in [-0.2, 0) is 6.54 Å². The van der Waals surface area contributed by atoms with E-state index in [4.69, 9.17) is 11.6 Å². The number of rotatable bonds is 7. The Bertz CT molecular complexity index is 427. The van der Waals surface area contributed by atoms with E-state index in [1.165, 1.54) is 37.1 Å². The number of nitrogens with one attached hydrogen (secondary N) is 1. The summed E-state index contributed by atoms with van der Waals surface area (Å²) in [7, 11) is 0. The third kappa shape index (κ3) is 3.89. The van der Waals surface area contributed by atoms with Gasteiger partial charge in [0.1, 0.15) is 0 Å². The first-order valence-corrected chi connectivity index (χ1v) is 8.25. The van der Waals surface area contributed by atoms with Crippen LogP contribution in [0, 0.1) is 5.92 Å². The van der Waals surface area contributed by atoms with Crippen LogP contribution in [0.2, 0.25) is 5.02 Å². The lowest BCUT2D eigenvalue weighted by molar-refractivity contribution is 0.318. The Balaban J connectivity index is 2.16. The van der Waals surface area contributed by atoms with E-state index in [-0.39, 0.29) is 0 Å². The van der Waals surface area contributed by atoms with E-state index < -0.39 is 0 Å². The van der Waals surface area contributed by atoms with Crippen LogP contribution in [0.15, 0.2) is 18.2 Å². The SMILES string of the molecule is CCN(CC1CCC1)c1cccc(Cl)c1CNC(C)C. The maximum atomic E-state index is 6.43. The molecule has 0 amide bonds. The minimum atomic E-state index is 0.473. The molecule has 0 unspecified atom stereocenters. The van der Waals surface area contributed by atoms with Crippen LogP contribution in [-0.4, -0.2) is 19.1 Å². The topological polar surface area (TPSA) is 15.3 Å². The fourth-order valence-corrected chi connectivity index (χ4v) is 2.95. The maximum Gasteiger partial charge on any atom is 0.0471 e. The van der Waals surface area contributed by atoms with Gasteiger partial charge in [-0.3, -0.25) is 0 Å². The second kappa shape index (κ2) is 7.33. The molecule has 1 saturated carbocycles. The van der Waals surface area contributed by atoms with Gasteiger partial charge in [0.05, 0.1) is 0 Å². The molecular weight excluding hydrogens is 268 g/mol. The summed E-state index contributed by atoms with van der Waals surface area (Å²) in [5.41, 5.74) is 2.55. The molecule has 2 nitrogen and oxygen atoms in total. The monoisotopic (exact) mass is 294 g/mol. The van der Waals surface area contributed by atoms with Gasteiger partial charge in [-0.1, -0.05) is 37.9 Å². The zero-order chi connectivity index (χ0) is 14.5. The Hall–Kier alpha value is -0.730. The molecule has 1 aliphatic rings. The standard InChI is InChI=1S/C17H27ClN2/c1-4-20(12-14-7-5-8-14)17-10-6-9-16(18)15(17)11-19-13(2)3/h6,9-10,13-14,19H,4-5,7-8,11-12H2,1-3H3. The summed E-state index contributed by atoms with van der Waals surface area (Å²) >= 11 is 6.43. The van der Waals surface area contributed by atoms with Crippen LogP contribution in [0.5, 0.6) is 0 Å². The second-order valence-corrected chi connectivity index (χ2v) is 6.52. The van der Waals surface area contributed by atoms with E-state index in [2.05, 4.69) is 43.1 Å². The molecular formula is C17H27ClN2. The molecule has 1 N–H and O–H groups in total. The summed E-state index contributed by atoms with van der Waals surface area (Å²) in [5.74, 6) is 0.875. The highest BCUT2D eigenvalue weighted by molar-refractivity contribution is 6.31. The number of nitrogens with zero attached hydrogens (tertiary/aromatic N) is 1. The summed E-state index contributed by atoms with van der Waals surface area (Å²) in [6.45, 7) is 9.63. The minimum Gasteiger partial charge on any atom is -0.371 e. The summed E-state index contributed by atoms with van der Waals surface area (Å²) < 4.78 is 0. The highest BCUT2D eigenvalue weighted by atomic mass is 35.5. The quantitative estimate of drug-likeness (QED) is 0.798. The molecule has 1 fully saturated rings. The van der Waals surface area contributed by atoms with Gasteiger partial charge in [0, 0.05) is 41.9 Å². The van der Waals surface area contributed by atoms with E-state index >= 15 is 0 Å². The van der Waals surface area contributed by atoms with E-state index in [0.717, 1.165) is 24.0 Å². The van der Waals surface area contributed by atoms with E-state index in [0.29, 0.717) is 6.04 Å². The lowest BCUT2D eigenvalue weighted by atomic mass is 9.85. The predicted octanol–water partition coefficient (Wildman–Crippen LogP) is 4.46. The largest absolute Gasteiger partial charge is 0.371 e. The average molecular weight is 295 g/mol. The van der Waals surface area contributed by atoms with Crippen molar-refractivity contribution in [3.05, 3.63) is 28.8 Å². The van der Waals surface area contributed by atoms with Crippen molar-refractivity contribution in [2.75, 3.05) is 18.0 Å². The molecule has 1 aromatic carbocycles. The fourth-order valence-electron chi connectivity index (χ4n) is 2.71. The first kappa shape index (κ1) is 15.7. The molecule has 0 bridgehead atoms. The number of anilines is 1. The molecule has 3 heteroatoms. The summed E-state index contributed by atoms with van der Waals surface area (Å²) in [4.78, 5) is 2.49. The van der Waals surface area contributed by atoms with Crippen LogP contribution in [0.4, 0.5) is 5.69 Å². The van der Waals surface area contributed by atoms with Crippen molar-refractivity contribution in [3.8, 4) is 0 Å². The second-order valence-electron chi connectivity index (χ2n) is 6.11. The summed E-state index contributed by atoms with van der Waals surface area (Å²) in [6, 6.07) is 6.76. The molecule has 20 heavy (non-hydrogen) atoms. The van der Waals surface area contributed by atoms with Crippen LogP contribution in [0.3, 0.4) is 0 Å². The van der Waals surface area contributed by atoms with Crippen molar-refractivity contribution in [1.29, 1.82) is 0 Å². The zero-order valence-electron chi connectivity index (χ0n) is 13.0. The van der Waals surface area contributed by atoms with Crippen LogP contribution in [0.25, 0.3) is 0 Å². The molecule has 0 radical (unpaired) electrons. The number of benzene rings is 1. The summed E-state index contributed by atoms with van der Waals surface area (Å²) in [6.07, 6.45) is 4.17. The number of halogens is 1. The minimum absolute atomic E-state index is 0.473.